The van der Waals surface area contributed by atoms with Gasteiger partial charge in [0.1, 0.15) is 11.5 Å². The average molecular weight is 347 g/mol. The number of fused-ring (bicyclic) bond motifs is 1. The van der Waals surface area contributed by atoms with Crippen LogP contribution in [0.25, 0.3) is 10.9 Å². The van der Waals surface area contributed by atoms with Crippen LogP contribution in [-0.4, -0.2) is 10.5 Å². The first-order valence-corrected chi connectivity index (χ1v) is 7.16. The summed E-state index contributed by atoms with van der Waals surface area (Å²) in [7, 11) is 1.75. The first kappa shape index (κ1) is 13.8. The maximum absolute atomic E-state index is 13.3. The van der Waals surface area contributed by atoms with Gasteiger partial charge >= 0.3 is 0 Å². The van der Waals surface area contributed by atoms with E-state index in [1.54, 1.807) is 23.7 Å². The fourth-order valence-electron chi connectivity index (χ4n) is 2.25. The SMILES string of the molecule is Cn1c(C(=O)Nc2ccc(Br)cc2)cc2ccc(F)cc21. The number of anilines is 1. The Morgan fingerprint density at radius 1 is 1.14 bits per heavy atom. The second kappa shape index (κ2) is 5.33. The van der Waals surface area contributed by atoms with Gasteiger partial charge in [0, 0.05) is 22.6 Å². The van der Waals surface area contributed by atoms with Crippen molar-refractivity contribution in [2.24, 2.45) is 7.05 Å². The normalized spacial score (nSPS) is 10.8. The average Bonchev–Trinajstić information content (AvgIpc) is 2.79. The molecule has 1 aromatic heterocycles. The molecule has 0 saturated carbocycles. The van der Waals surface area contributed by atoms with Gasteiger partial charge in [0.2, 0.25) is 0 Å². The molecule has 3 aromatic rings. The Bertz CT molecular complexity index is 824. The van der Waals surface area contributed by atoms with E-state index in [9.17, 15) is 9.18 Å². The maximum Gasteiger partial charge on any atom is 0.272 e. The van der Waals surface area contributed by atoms with E-state index in [1.165, 1.54) is 12.1 Å². The highest BCUT2D eigenvalue weighted by Crippen LogP contribution is 2.21. The standard InChI is InChI=1S/C16H12BrFN2O/c1-20-14-9-12(18)5-2-10(14)8-15(20)16(21)19-13-6-3-11(17)4-7-13/h2-9H,1H3,(H,19,21). The molecule has 0 unspecified atom stereocenters. The van der Waals surface area contributed by atoms with Crippen LogP contribution in [0.4, 0.5) is 10.1 Å². The third-order valence-electron chi connectivity index (χ3n) is 3.34. The van der Waals surface area contributed by atoms with Crippen molar-refractivity contribution >= 4 is 38.4 Å². The Kier molecular flexibility index (Phi) is 3.51. The Morgan fingerprint density at radius 2 is 1.86 bits per heavy atom. The number of hydrogen-bond donors (Lipinski definition) is 1. The molecule has 21 heavy (non-hydrogen) atoms. The number of nitrogens with zero attached hydrogens (tertiary/aromatic N) is 1. The van der Waals surface area contributed by atoms with Crippen LogP contribution in [0.3, 0.4) is 0 Å². The van der Waals surface area contributed by atoms with Crippen molar-refractivity contribution in [1.82, 2.24) is 4.57 Å². The highest BCUT2D eigenvalue weighted by molar-refractivity contribution is 9.10. The number of halogens is 2. The van der Waals surface area contributed by atoms with E-state index in [0.717, 1.165) is 9.86 Å². The monoisotopic (exact) mass is 346 g/mol. The molecule has 106 valence electrons. The summed E-state index contributed by atoms with van der Waals surface area (Å²) >= 11 is 3.35. The number of aromatic nitrogens is 1. The van der Waals surface area contributed by atoms with Crippen molar-refractivity contribution in [2.45, 2.75) is 0 Å². The second-order valence-corrected chi connectivity index (χ2v) is 5.67. The van der Waals surface area contributed by atoms with Crippen LogP contribution in [0.2, 0.25) is 0 Å². The summed E-state index contributed by atoms with van der Waals surface area (Å²) in [5.41, 5.74) is 1.88. The third kappa shape index (κ3) is 2.69. The van der Waals surface area contributed by atoms with E-state index >= 15 is 0 Å². The number of hydrogen-bond acceptors (Lipinski definition) is 1. The summed E-state index contributed by atoms with van der Waals surface area (Å²) < 4.78 is 15.9. The predicted octanol–water partition coefficient (Wildman–Crippen LogP) is 4.33. The largest absolute Gasteiger partial charge is 0.340 e. The molecule has 0 aliphatic heterocycles. The van der Waals surface area contributed by atoms with Crippen LogP contribution < -0.4 is 5.32 Å². The molecule has 5 heteroatoms. The molecular weight excluding hydrogens is 335 g/mol. The van der Waals surface area contributed by atoms with Gasteiger partial charge in [0.05, 0.1) is 5.52 Å². The van der Waals surface area contributed by atoms with Gasteiger partial charge in [0.25, 0.3) is 5.91 Å². The lowest BCUT2D eigenvalue weighted by Crippen LogP contribution is -2.15. The molecule has 0 saturated heterocycles. The number of nitrogens with one attached hydrogen (secondary N) is 1. The lowest BCUT2D eigenvalue weighted by Gasteiger charge is -2.06. The summed E-state index contributed by atoms with van der Waals surface area (Å²) in [6.45, 7) is 0. The number of carbonyl (C=O) groups excluding carboxylic acids is 1. The summed E-state index contributed by atoms with van der Waals surface area (Å²) in [6.07, 6.45) is 0. The molecule has 0 radical (unpaired) electrons. The van der Waals surface area contributed by atoms with E-state index in [0.29, 0.717) is 16.9 Å². The van der Waals surface area contributed by atoms with Crippen LogP contribution in [0.15, 0.2) is 53.0 Å². The molecule has 0 aliphatic rings. The predicted molar refractivity (Wildman–Crippen MR) is 85.0 cm³/mol. The molecule has 0 fully saturated rings. The molecule has 0 atom stereocenters. The fourth-order valence-corrected chi connectivity index (χ4v) is 2.51. The Balaban J connectivity index is 1.94. The van der Waals surface area contributed by atoms with Gasteiger partial charge in [-0.05, 0) is 48.5 Å². The Hall–Kier alpha value is -2.14. The number of aryl methyl sites for hydroxylation is 1. The molecule has 1 amide bonds. The summed E-state index contributed by atoms with van der Waals surface area (Å²) in [6, 6.07) is 13.6. The zero-order valence-corrected chi connectivity index (χ0v) is 12.8. The molecule has 1 heterocycles. The van der Waals surface area contributed by atoms with Crippen LogP contribution in [0.1, 0.15) is 10.5 Å². The topological polar surface area (TPSA) is 34.0 Å². The van der Waals surface area contributed by atoms with Crippen molar-refractivity contribution < 1.29 is 9.18 Å². The summed E-state index contributed by atoms with van der Waals surface area (Å²) in [5, 5.41) is 3.66. The summed E-state index contributed by atoms with van der Waals surface area (Å²) in [4.78, 5) is 12.3. The molecule has 0 bridgehead atoms. The number of benzene rings is 2. The second-order valence-electron chi connectivity index (χ2n) is 4.75. The molecule has 2 aromatic carbocycles. The minimum Gasteiger partial charge on any atom is -0.340 e. The van der Waals surface area contributed by atoms with Crippen molar-refractivity contribution in [1.29, 1.82) is 0 Å². The summed E-state index contributed by atoms with van der Waals surface area (Å²) in [5.74, 6) is -0.542. The quantitative estimate of drug-likeness (QED) is 0.736. The lowest BCUT2D eigenvalue weighted by molar-refractivity contribution is 0.101. The zero-order chi connectivity index (χ0) is 15.0. The molecule has 3 nitrogen and oxygen atoms in total. The Morgan fingerprint density at radius 3 is 2.57 bits per heavy atom. The van der Waals surface area contributed by atoms with Gasteiger partial charge in [-0.1, -0.05) is 15.9 Å². The number of carbonyl (C=O) groups is 1. The molecule has 3 rings (SSSR count). The lowest BCUT2D eigenvalue weighted by atomic mass is 10.2. The van der Waals surface area contributed by atoms with Gasteiger partial charge in [-0.3, -0.25) is 4.79 Å². The molecule has 1 N–H and O–H groups in total. The highest BCUT2D eigenvalue weighted by Gasteiger charge is 2.14. The van der Waals surface area contributed by atoms with E-state index in [4.69, 9.17) is 0 Å². The van der Waals surface area contributed by atoms with Crippen molar-refractivity contribution in [3.8, 4) is 0 Å². The fraction of sp³-hybridized carbons (Fsp3) is 0.0625. The molecule has 0 spiro atoms. The van der Waals surface area contributed by atoms with Gasteiger partial charge in [-0.15, -0.1) is 0 Å². The van der Waals surface area contributed by atoms with E-state index in [2.05, 4.69) is 21.2 Å². The van der Waals surface area contributed by atoms with Gasteiger partial charge in [0.15, 0.2) is 0 Å². The third-order valence-corrected chi connectivity index (χ3v) is 3.87. The Labute approximate surface area is 129 Å². The van der Waals surface area contributed by atoms with Gasteiger partial charge in [-0.25, -0.2) is 4.39 Å². The first-order valence-electron chi connectivity index (χ1n) is 6.36. The number of rotatable bonds is 2. The highest BCUT2D eigenvalue weighted by atomic mass is 79.9. The first-order chi connectivity index (χ1) is 10.0. The number of amides is 1. The molecular formula is C16H12BrFN2O. The van der Waals surface area contributed by atoms with Crippen molar-refractivity contribution in [3.63, 3.8) is 0 Å². The van der Waals surface area contributed by atoms with Gasteiger partial charge in [-0.2, -0.15) is 0 Å². The van der Waals surface area contributed by atoms with Crippen LogP contribution in [-0.2, 0) is 7.05 Å². The van der Waals surface area contributed by atoms with Crippen molar-refractivity contribution in [3.05, 3.63) is 64.5 Å². The van der Waals surface area contributed by atoms with E-state index in [1.807, 2.05) is 24.3 Å². The smallest absolute Gasteiger partial charge is 0.272 e. The van der Waals surface area contributed by atoms with Crippen molar-refractivity contribution in [2.75, 3.05) is 5.32 Å². The molecule has 0 aliphatic carbocycles. The van der Waals surface area contributed by atoms with Gasteiger partial charge < -0.3 is 9.88 Å². The zero-order valence-electron chi connectivity index (χ0n) is 11.2. The minimum atomic E-state index is -0.316. The van der Waals surface area contributed by atoms with E-state index < -0.39 is 0 Å². The van der Waals surface area contributed by atoms with E-state index in [-0.39, 0.29) is 11.7 Å². The van der Waals surface area contributed by atoms with Crippen LogP contribution in [0.5, 0.6) is 0 Å². The van der Waals surface area contributed by atoms with Crippen LogP contribution in [0, 0.1) is 5.82 Å². The maximum atomic E-state index is 13.3. The minimum absolute atomic E-state index is 0.226. The van der Waals surface area contributed by atoms with Crippen LogP contribution >= 0.6 is 15.9 Å².